The Hall–Kier alpha value is -1.98. The average molecular weight is 338 g/mol. The highest BCUT2D eigenvalue weighted by molar-refractivity contribution is 5.79. The fourth-order valence-corrected chi connectivity index (χ4v) is 2.99. The summed E-state index contributed by atoms with van der Waals surface area (Å²) in [7, 11) is 0. The molecule has 1 fully saturated rings. The van der Waals surface area contributed by atoms with Gasteiger partial charge in [-0.25, -0.2) is 8.78 Å². The molecule has 0 radical (unpaired) electrons. The van der Waals surface area contributed by atoms with Gasteiger partial charge in [0.15, 0.2) is 0 Å². The second kappa shape index (κ2) is 8.76. The van der Waals surface area contributed by atoms with Crippen LogP contribution in [0.15, 0.2) is 18.2 Å². The van der Waals surface area contributed by atoms with Crippen LogP contribution in [0.2, 0.25) is 0 Å². The monoisotopic (exact) mass is 338 g/mol. The van der Waals surface area contributed by atoms with E-state index in [1.54, 1.807) is 0 Å². The lowest BCUT2D eigenvalue weighted by molar-refractivity contribution is -0.134. The van der Waals surface area contributed by atoms with Crippen LogP contribution in [0.4, 0.5) is 8.78 Å². The summed E-state index contributed by atoms with van der Waals surface area (Å²) in [6.45, 7) is 3.10. The first kappa shape index (κ1) is 18.4. The minimum atomic E-state index is -0.520. The van der Waals surface area contributed by atoms with Crippen LogP contribution in [0.3, 0.4) is 0 Å². The van der Waals surface area contributed by atoms with Crippen molar-refractivity contribution >= 4 is 11.8 Å². The van der Waals surface area contributed by atoms with E-state index in [9.17, 15) is 18.4 Å². The van der Waals surface area contributed by atoms with Gasteiger partial charge in [-0.2, -0.15) is 0 Å². The predicted octanol–water partition coefficient (Wildman–Crippen LogP) is 2.80. The van der Waals surface area contributed by atoms with Crippen LogP contribution in [0.1, 0.15) is 44.6 Å². The first-order chi connectivity index (χ1) is 11.5. The van der Waals surface area contributed by atoms with E-state index in [-0.39, 0.29) is 49.2 Å². The number of piperidine rings is 1. The number of nitrogens with one attached hydrogen (secondary N) is 1. The molecule has 1 saturated heterocycles. The Balaban J connectivity index is 1.69. The number of amides is 2. The summed E-state index contributed by atoms with van der Waals surface area (Å²) in [6.07, 6.45) is 3.67. The highest BCUT2D eigenvalue weighted by atomic mass is 19.1. The first-order valence-corrected chi connectivity index (χ1v) is 8.47. The summed E-state index contributed by atoms with van der Waals surface area (Å²) in [5.41, 5.74) is 0.184. The van der Waals surface area contributed by atoms with Crippen molar-refractivity contribution in [3.63, 3.8) is 0 Å². The minimum absolute atomic E-state index is 0.0543. The molecule has 1 aliphatic rings. The van der Waals surface area contributed by atoms with E-state index >= 15 is 0 Å². The molecule has 2 rings (SSSR count). The lowest BCUT2D eigenvalue weighted by Gasteiger charge is -2.33. The lowest BCUT2D eigenvalue weighted by Crippen LogP contribution is -2.43. The Morgan fingerprint density at radius 2 is 2.04 bits per heavy atom. The maximum atomic E-state index is 13.5. The summed E-state index contributed by atoms with van der Waals surface area (Å²) in [6, 6.07) is 3.47. The number of halogens is 2. The molecule has 132 valence electrons. The summed E-state index contributed by atoms with van der Waals surface area (Å²) in [4.78, 5) is 25.8. The lowest BCUT2D eigenvalue weighted by atomic mass is 10.0. The van der Waals surface area contributed by atoms with E-state index < -0.39 is 11.6 Å². The van der Waals surface area contributed by atoms with Gasteiger partial charge in [-0.3, -0.25) is 9.59 Å². The zero-order chi connectivity index (χ0) is 17.5. The Bertz CT molecular complexity index is 592. The van der Waals surface area contributed by atoms with Gasteiger partial charge in [0.25, 0.3) is 0 Å². The molecule has 0 bridgehead atoms. The number of carbonyl (C=O) groups excluding carboxylic acids is 2. The molecule has 1 heterocycles. The second-order valence-corrected chi connectivity index (χ2v) is 6.27. The van der Waals surface area contributed by atoms with Crippen molar-refractivity contribution in [3.8, 4) is 0 Å². The number of carbonyl (C=O) groups is 2. The Morgan fingerprint density at radius 3 is 2.79 bits per heavy atom. The number of aryl methyl sites for hydroxylation is 1. The molecule has 24 heavy (non-hydrogen) atoms. The number of hydrogen-bond acceptors (Lipinski definition) is 2. The van der Waals surface area contributed by atoms with Gasteiger partial charge >= 0.3 is 0 Å². The second-order valence-electron chi connectivity index (χ2n) is 6.27. The molecule has 0 spiro atoms. The Morgan fingerprint density at radius 1 is 1.25 bits per heavy atom. The van der Waals surface area contributed by atoms with Crippen LogP contribution in [0, 0.1) is 11.6 Å². The van der Waals surface area contributed by atoms with Crippen LogP contribution in [-0.4, -0.2) is 35.8 Å². The van der Waals surface area contributed by atoms with Gasteiger partial charge < -0.3 is 10.2 Å². The van der Waals surface area contributed by atoms with Crippen molar-refractivity contribution < 1.29 is 18.4 Å². The number of benzene rings is 1. The molecule has 0 aliphatic carbocycles. The third kappa shape index (κ3) is 5.28. The van der Waals surface area contributed by atoms with E-state index in [1.165, 1.54) is 0 Å². The maximum Gasteiger partial charge on any atom is 0.224 e. The molecule has 1 atom stereocenters. The Labute approximate surface area is 141 Å². The minimum Gasteiger partial charge on any atom is -0.356 e. The highest BCUT2D eigenvalue weighted by Crippen LogP contribution is 2.17. The standard InChI is InChI=1S/C18H24F2N2O2/c1-13-4-2-3-11-22(13)18(24)9-10-21-17(23)8-5-14-12-15(19)6-7-16(14)20/h6-7,12-13H,2-5,8-11H2,1H3,(H,21,23)/t13-/m0/s1. The van der Waals surface area contributed by atoms with Gasteiger partial charge in [0.05, 0.1) is 0 Å². The predicted molar refractivity (Wildman–Crippen MR) is 87.3 cm³/mol. The molecule has 1 aromatic carbocycles. The molecule has 0 unspecified atom stereocenters. The van der Waals surface area contributed by atoms with Gasteiger partial charge in [-0.1, -0.05) is 0 Å². The van der Waals surface area contributed by atoms with E-state index in [0.29, 0.717) is 0 Å². The fraction of sp³-hybridized carbons (Fsp3) is 0.556. The van der Waals surface area contributed by atoms with Gasteiger partial charge in [-0.15, -0.1) is 0 Å². The third-order valence-electron chi connectivity index (χ3n) is 4.41. The van der Waals surface area contributed by atoms with Gasteiger partial charge in [0, 0.05) is 32.0 Å². The molecule has 1 aliphatic heterocycles. The fourth-order valence-electron chi connectivity index (χ4n) is 2.99. The maximum absolute atomic E-state index is 13.5. The van der Waals surface area contributed by atoms with Gasteiger partial charge in [0.1, 0.15) is 11.6 Å². The molecule has 4 nitrogen and oxygen atoms in total. The van der Waals surface area contributed by atoms with Gasteiger partial charge in [-0.05, 0) is 56.4 Å². The number of hydrogen-bond donors (Lipinski definition) is 1. The number of nitrogens with zero attached hydrogens (tertiary/aromatic N) is 1. The zero-order valence-electron chi connectivity index (χ0n) is 14.0. The van der Waals surface area contributed by atoms with Crippen molar-refractivity contribution in [1.29, 1.82) is 0 Å². The van der Waals surface area contributed by atoms with Crippen LogP contribution >= 0.6 is 0 Å². The van der Waals surface area contributed by atoms with Crippen molar-refractivity contribution in [2.24, 2.45) is 0 Å². The normalized spacial score (nSPS) is 17.6. The molecule has 2 amide bonds. The van der Waals surface area contributed by atoms with Crippen LogP contribution in [-0.2, 0) is 16.0 Å². The van der Waals surface area contributed by atoms with Gasteiger partial charge in [0.2, 0.25) is 11.8 Å². The van der Waals surface area contributed by atoms with E-state index in [2.05, 4.69) is 5.32 Å². The van der Waals surface area contributed by atoms with Crippen LogP contribution in [0.25, 0.3) is 0 Å². The average Bonchev–Trinajstić information content (AvgIpc) is 2.56. The summed E-state index contributed by atoms with van der Waals surface area (Å²) in [5, 5.41) is 2.67. The molecule has 6 heteroatoms. The van der Waals surface area contributed by atoms with E-state index in [0.717, 1.165) is 44.0 Å². The highest BCUT2D eigenvalue weighted by Gasteiger charge is 2.22. The van der Waals surface area contributed by atoms with E-state index in [1.807, 2.05) is 11.8 Å². The molecule has 1 aromatic rings. The van der Waals surface area contributed by atoms with Crippen molar-refractivity contribution in [3.05, 3.63) is 35.4 Å². The quantitative estimate of drug-likeness (QED) is 0.867. The van der Waals surface area contributed by atoms with Crippen LogP contribution in [0.5, 0.6) is 0 Å². The molecular formula is C18H24F2N2O2. The van der Waals surface area contributed by atoms with Crippen molar-refractivity contribution in [2.45, 2.75) is 51.5 Å². The van der Waals surface area contributed by atoms with Crippen molar-refractivity contribution in [1.82, 2.24) is 10.2 Å². The number of rotatable bonds is 6. The smallest absolute Gasteiger partial charge is 0.224 e. The molecule has 0 saturated carbocycles. The molecule has 1 N–H and O–H groups in total. The molecule has 0 aromatic heterocycles. The Kier molecular flexibility index (Phi) is 6.70. The SMILES string of the molecule is C[C@H]1CCCCN1C(=O)CCNC(=O)CCc1cc(F)ccc1F. The van der Waals surface area contributed by atoms with Crippen molar-refractivity contribution in [2.75, 3.05) is 13.1 Å². The summed E-state index contributed by atoms with van der Waals surface area (Å²) < 4.78 is 26.5. The van der Waals surface area contributed by atoms with E-state index in [4.69, 9.17) is 0 Å². The topological polar surface area (TPSA) is 49.4 Å². The first-order valence-electron chi connectivity index (χ1n) is 8.47. The molecular weight excluding hydrogens is 314 g/mol. The zero-order valence-corrected chi connectivity index (χ0v) is 14.0. The third-order valence-corrected chi connectivity index (χ3v) is 4.41. The summed E-state index contributed by atoms with van der Waals surface area (Å²) >= 11 is 0. The largest absolute Gasteiger partial charge is 0.356 e. The van der Waals surface area contributed by atoms with Crippen LogP contribution < -0.4 is 5.32 Å². The number of likely N-dealkylation sites (tertiary alicyclic amines) is 1. The summed E-state index contributed by atoms with van der Waals surface area (Å²) in [5.74, 6) is -1.25.